The first-order chi connectivity index (χ1) is 10.7. The number of fused-ring (bicyclic) bond motifs is 1. The summed E-state index contributed by atoms with van der Waals surface area (Å²) in [6.07, 6.45) is 6.77. The number of halogens is 1. The number of hydrogen-bond acceptors (Lipinski definition) is 4. The SMILES string of the molecule is N#CCC1(n2cc(-c3c(F)cnc4[nH]ccc34)cn2)CNC1. The lowest BCUT2D eigenvalue weighted by atomic mass is 9.89. The van der Waals surface area contributed by atoms with Gasteiger partial charge in [0.15, 0.2) is 0 Å². The largest absolute Gasteiger partial charge is 0.346 e. The topological polar surface area (TPSA) is 82.3 Å². The molecule has 0 aliphatic carbocycles. The molecule has 3 aromatic rings. The van der Waals surface area contributed by atoms with Crippen molar-refractivity contribution in [3.8, 4) is 17.2 Å². The summed E-state index contributed by atoms with van der Waals surface area (Å²) in [5.41, 5.74) is 1.49. The first-order valence-electron chi connectivity index (χ1n) is 6.98. The van der Waals surface area contributed by atoms with Crippen molar-refractivity contribution in [2.45, 2.75) is 12.0 Å². The molecule has 4 heterocycles. The van der Waals surface area contributed by atoms with Crippen molar-refractivity contribution < 1.29 is 4.39 Å². The Morgan fingerprint density at radius 3 is 3.00 bits per heavy atom. The molecule has 2 N–H and O–H groups in total. The van der Waals surface area contributed by atoms with E-state index in [0.717, 1.165) is 5.39 Å². The Kier molecular flexibility index (Phi) is 2.74. The van der Waals surface area contributed by atoms with E-state index < -0.39 is 0 Å². The van der Waals surface area contributed by atoms with Crippen molar-refractivity contribution in [2.24, 2.45) is 0 Å². The van der Waals surface area contributed by atoms with Gasteiger partial charge >= 0.3 is 0 Å². The van der Waals surface area contributed by atoms with Crippen LogP contribution in [0.3, 0.4) is 0 Å². The van der Waals surface area contributed by atoms with Gasteiger partial charge in [0, 0.05) is 42.0 Å². The highest BCUT2D eigenvalue weighted by atomic mass is 19.1. The fraction of sp³-hybridized carbons (Fsp3) is 0.267. The second kappa shape index (κ2) is 4.64. The molecule has 0 spiro atoms. The van der Waals surface area contributed by atoms with Gasteiger partial charge in [-0.2, -0.15) is 10.4 Å². The molecule has 1 aliphatic heterocycles. The number of hydrogen-bond donors (Lipinski definition) is 2. The molecule has 0 radical (unpaired) electrons. The summed E-state index contributed by atoms with van der Waals surface area (Å²) in [6.45, 7) is 1.39. The highest BCUT2D eigenvalue weighted by molar-refractivity contribution is 5.92. The van der Waals surface area contributed by atoms with E-state index >= 15 is 0 Å². The lowest BCUT2D eigenvalue weighted by Gasteiger charge is -2.41. The van der Waals surface area contributed by atoms with Crippen LogP contribution < -0.4 is 5.32 Å². The zero-order chi connectivity index (χ0) is 15.2. The van der Waals surface area contributed by atoms with Crippen LogP contribution in [0.1, 0.15) is 6.42 Å². The Morgan fingerprint density at radius 1 is 1.41 bits per heavy atom. The maximum Gasteiger partial charge on any atom is 0.150 e. The summed E-state index contributed by atoms with van der Waals surface area (Å²) in [5.74, 6) is -0.382. The van der Waals surface area contributed by atoms with Gasteiger partial charge in [-0.15, -0.1) is 0 Å². The Balaban J connectivity index is 1.82. The van der Waals surface area contributed by atoms with Crippen LogP contribution in [-0.4, -0.2) is 32.8 Å². The van der Waals surface area contributed by atoms with Crippen LogP contribution in [0.4, 0.5) is 4.39 Å². The van der Waals surface area contributed by atoms with Crippen LogP contribution in [0.25, 0.3) is 22.2 Å². The van der Waals surface area contributed by atoms with Crippen molar-refractivity contribution in [1.82, 2.24) is 25.1 Å². The minimum absolute atomic E-state index is 0.326. The lowest BCUT2D eigenvalue weighted by molar-refractivity contribution is 0.160. The molecule has 4 rings (SSSR count). The van der Waals surface area contributed by atoms with Gasteiger partial charge in [0.1, 0.15) is 17.0 Å². The van der Waals surface area contributed by atoms with E-state index in [1.54, 1.807) is 23.1 Å². The molecule has 22 heavy (non-hydrogen) atoms. The summed E-state index contributed by atoms with van der Waals surface area (Å²) in [5, 5.41) is 17.3. The van der Waals surface area contributed by atoms with E-state index in [4.69, 9.17) is 5.26 Å². The van der Waals surface area contributed by atoms with E-state index in [9.17, 15) is 4.39 Å². The Hall–Kier alpha value is -2.72. The van der Waals surface area contributed by atoms with Crippen LogP contribution in [-0.2, 0) is 5.54 Å². The van der Waals surface area contributed by atoms with Crippen molar-refractivity contribution in [3.05, 3.63) is 36.7 Å². The van der Waals surface area contributed by atoms with E-state index in [1.165, 1.54) is 6.20 Å². The van der Waals surface area contributed by atoms with Gasteiger partial charge in [0.2, 0.25) is 0 Å². The predicted octanol–water partition coefficient (Wildman–Crippen LogP) is 1.78. The number of aromatic nitrogens is 4. The first-order valence-corrected chi connectivity index (χ1v) is 6.98. The molecule has 0 bridgehead atoms. The van der Waals surface area contributed by atoms with Gasteiger partial charge < -0.3 is 10.3 Å². The number of nitrogens with zero attached hydrogens (tertiary/aromatic N) is 4. The molecule has 0 unspecified atom stereocenters. The molecule has 0 aromatic carbocycles. The molecule has 1 saturated heterocycles. The van der Waals surface area contributed by atoms with Crippen LogP contribution in [0.2, 0.25) is 0 Å². The molecule has 3 aromatic heterocycles. The van der Waals surface area contributed by atoms with E-state index in [2.05, 4.69) is 26.5 Å². The number of aromatic amines is 1. The predicted molar refractivity (Wildman–Crippen MR) is 78.3 cm³/mol. The van der Waals surface area contributed by atoms with Crippen molar-refractivity contribution in [2.75, 3.05) is 13.1 Å². The first kappa shape index (κ1) is 13.0. The van der Waals surface area contributed by atoms with Crippen molar-refractivity contribution >= 4 is 11.0 Å². The van der Waals surface area contributed by atoms with Crippen molar-refractivity contribution in [3.63, 3.8) is 0 Å². The third kappa shape index (κ3) is 1.74. The van der Waals surface area contributed by atoms with Crippen molar-refractivity contribution in [1.29, 1.82) is 5.26 Å². The fourth-order valence-corrected chi connectivity index (χ4v) is 2.92. The zero-order valence-electron chi connectivity index (χ0n) is 11.7. The molecule has 0 atom stereocenters. The lowest BCUT2D eigenvalue weighted by Crippen LogP contribution is -2.60. The number of H-pyrrole nitrogens is 1. The third-order valence-corrected chi connectivity index (χ3v) is 4.21. The summed E-state index contributed by atoms with van der Waals surface area (Å²) in [7, 11) is 0. The van der Waals surface area contributed by atoms with Gasteiger partial charge in [0.25, 0.3) is 0 Å². The number of rotatable bonds is 3. The normalized spacial score (nSPS) is 16.4. The monoisotopic (exact) mass is 296 g/mol. The molecule has 1 fully saturated rings. The van der Waals surface area contributed by atoms with E-state index in [-0.39, 0.29) is 11.4 Å². The van der Waals surface area contributed by atoms with Gasteiger partial charge in [-0.1, -0.05) is 0 Å². The smallest absolute Gasteiger partial charge is 0.150 e. The van der Waals surface area contributed by atoms with Gasteiger partial charge in [0.05, 0.1) is 24.9 Å². The highest BCUT2D eigenvalue weighted by Crippen LogP contribution is 2.32. The quantitative estimate of drug-likeness (QED) is 0.772. The maximum absolute atomic E-state index is 14.3. The summed E-state index contributed by atoms with van der Waals surface area (Å²) < 4.78 is 16.0. The Morgan fingerprint density at radius 2 is 2.27 bits per heavy atom. The number of pyridine rings is 1. The van der Waals surface area contributed by atoms with Crippen LogP contribution >= 0.6 is 0 Å². The molecule has 0 amide bonds. The average Bonchev–Trinajstić information content (AvgIpc) is 3.11. The summed E-state index contributed by atoms with van der Waals surface area (Å²) in [4.78, 5) is 7.01. The minimum atomic E-state index is -0.382. The second-order valence-corrected chi connectivity index (χ2v) is 5.56. The van der Waals surface area contributed by atoms with Crippen LogP contribution in [0.5, 0.6) is 0 Å². The molecule has 7 heteroatoms. The van der Waals surface area contributed by atoms with Gasteiger partial charge in [-0.3, -0.25) is 4.68 Å². The fourth-order valence-electron chi connectivity index (χ4n) is 2.92. The number of nitriles is 1. The maximum atomic E-state index is 14.3. The second-order valence-electron chi connectivity index (χ2n) is 5.56. The minimum Gasteiger partial charge on any atom is -0.346 e. The zero-order valence-corrected chi connectivity index (χ0v) is 11.7. The molecule has 0 saturated carbocycles. The van der Waals surface area contributed by atoms with Crippen LogP contribution in [0, 0.1) is 17.1 Å². The van der Waals surface area contributed by atoms with Crippen LogP contribution in [0.15, 0.2) is 30.9 Å². The summed E-state index contributed by atoms with van der Waals surface area (Å²) >= 11 is 0. The molecule has 110 valence electrons. The summed E-state index contributed by atoms with van der Waals surface area (Å²) in [6, 6.07) is 4.00. The third-order valence-electron chi connectivity index (χ3n) is 4.21. The van der Waals surface area contributed by atoms with E-state index in [0.29, 0.717) is 36.3 Å². The molecular weight excluding hydrogens is 283 g/mol. The standard InChI is InChI=1S/C15H13FN6/c16-12-6-20-14-11(1-4-19-14)13(12)10-5-21-22(7-10)15(2-3-17)8-18-9-15/h1,4-7,18H,2,8-9H2,(H,19,20). The molecule has 1 aliphatic rings. The Labute approximate surface area is 125 Å². The number of nitrogens with one attached hydrogen (secondary N) is 2. The average molecular weight is 296 g/mol. The van der Waals surface area contributed by atoms with E-state index in [1.807, 2.05) is 6.20 Å². The highest BCUT2D eigenvalue weighted by Gasteiger charge is 2.39. The Bertz CT molecular complexity index is 883. The molecular formula is C15H13FN6. The molecule has 6 nitrogen and oxygen atoms in total. The van der Waals surface area contributed by atoms with Gasteiger partial charge in [-0.25, -0.2) is 9.37 Å². The van der Waals surface area contributed by atoms with Gasteiger partial charge in [-0.05, 0) is 6.07 Å².